The zero-order chi connectivity index (χ0) is 7.40. The Hall–Kier alpha value is -0.890. The van der Waals surface area contributed by atoms with Crippen molar-refractivity contribution >= 4 is 0 Å². The van der Waals surface area contributed by atoms with Gasteiger partial charge in [-0.2, -0.15) is 0 Å². The van der Waals surface area contributed by atoms with Crippen LogP contribution >= 0.6 is 0 Å². The molecule has 54 valence electrons. The van der Waals surface area contributed by atoms with Gasteiger partial charge in [-0.1, -0.05) is 0 Å². The van der Waals surface area contributed by atoms with Crippen molar-refractivity contribution in [1.29, 1.82) is 0 Å². The maximum Gasteiger partial charge on any atom is 0.0270 e. The minimum Gasteiger partial charge on any atom is -0.328 e. The number of nitrogens with two attached hydrogens (primary N) is 1. The van der Waals surface area contributed by atoms with E-state index in [1.54, 1.807) is 12.4 Å². The molecule has 10 heavy (non-hydrogen) atoms. The molecule has 2 nitrogen and oxygen atoms in total. The van der Waals surface area contributed by atoms with E-state index in [9.17, 15) is 0 Å². The fourth-order valence-electron chi connectivity index (χ4n) is 0.891. The lowest BCUT2D eigenvalue weighted by atomic mass is 10.1. The molecule has 1 unspecified atom stereocenters. The highest BCUT2D eigenvalue weighted by Gasteiger charge is 1.94. The first-order valence-corrected chi connectivity index (χ1v) is 3.43. The molecular weight excluding hydrogens is 124 g/mol. The van der Waals surface area contributed by atoms with Crippen LogP contribution in [0.5, 0.6) is 0 Å². The zero-order valence-electron chi connectivity index (χ0n) is 6.12. The predicted molar refractivity (Wildman–Crippen MR) is 41.6 cm³/mol. The monoisotopic (exact) mass is 136 g/mol. The quantitative estimate of drug-likeness (QED) is 0.658. The average Bonchev–Trinajstić information content (AvgIpc) is 1.88. The van der Waals surface area contributed by atoms with E-state index in [0.717, 1.165) is 6.42 Å². The molecular formula is C8H12N2. The fraction of sp³-hybridized carbons (Fsp3) is 0.375. The topological polar surface area (TPSA) is 38.9 Å². The van der Waals surface area contributed by atoms with Crippen LogP contribution in [0.25, 0.3) is 0 Å². The lowest BCUT2D eigenvalue weighted by molar-refractivity contribution is 0.737. The van der Waals surface area contributed by atoms with Crippen LogP contribution in [0.4, 0.5) is 0 Å². The van der Waals surface area contributed by atoms with Crippen LogP contribution in [0.1, 0.15) is 12.5 Å². The van der Waals surface area contributed by atoms with Gasteiger partial charge >= 0.3 is 0 Å². The minimum absolute atomic E-state index is 0.238. The Bertz CT molecular complexity index is 182. The number of hydrogen-bond acceptors (Lipinski definition) is 2. The fourth-order valence-corrected chi connectivity index (χ4v) is 0.891. The maximum atomic E-state index is 5.60. The SMILES string of the molecule is CC(N)Cc1ccncc1. The van der Waals surface area contributed by atoms with E-state index < -0.39 is 0 Å². The molecule has 1 aromatic rings. The van der Waals surface area contributed by atoms with E-state index in [2.05, 4.69) is 4.98 Å². The van der Waals surface area contributed by atoms with Gasteiger partial charge in [0.05, 0.1) is 0 Å². The van der Waals surface area contributed by atoms with Gasteiger partial charge in [0.2, 0.25) is 0 Å². The summed E-state index contributed by atoms with van der Waals surface area (Å²) in [6.07, 6.45) is 4.51. The Kier molecular flexibility index (Phi) is 2.40. The number of rotatable bonds is 2. The lowest BCUT2D eigenvalue weighted by Gasteiger charge is -2.02. The van der Waals surface area contributed by atoms with Gasteiger partial charge in [0, 0.05) is 18.4 Å². The van der Waals surface area contributed by atoms with Gasteiger partial charge in [-0.3, -0.25) is 4.98 Å². The van der Waals surface area contributed by atoms with Crippen molar-refractivity contribution in [2.75, 3.05) is 0 Å². The first-order valence-electron chi connectivity index (χ1n) is 3.43. The summed E-state index contributed by atoms with van der Waals surface area (Å²) in [6, 6.07) is 4.22. The molecule has 1 heterocycles. The van der Waals surface area contributed by atoms with Gasteiger partial charge in [-0.25, -0.2) is 0 Å². The van der Waals surface area contributed by atoms with Crippen LogP contribution in [-0.4, -0.2) is 11.0 Å². The van der Waals surface area contributed by atoms with E-state index in [1.165, 1.54) is 5.56 Å². The maximum absolute atomic E-state index is 5.60. The molecule has 0 fully saturated rings. The number of nitrogens with zero attached hydrogens (tertiary/aromatic N) is 1. The average molecular weight is 136 g/mol. The van der Waals surface area contributed by atoms with Crippen molar-refractivity contribution in [2.45, 2.75) is 19.4 Å². The van der Waals surface area contributed by atoms with Crippen LogP contribution in [0.3, 0.4) is 0 Å². The van der Waals surface area contributed by atoms with Crippen LogP contribution in [0.15, 0.2) is 24.5 Å². The van der Waals surface area contributed by atoms with Crippen molar-refractivity contribution in [2.24, 2.45) is 5.73 Å². The summed E-state index contributed by atoms with van der Waals surface area (Å²) in [5.74, 6) is 0. The normalized spacial score (nSPS) is 13.0. The highest BCUT2D eigenvalue weighted by molar-refractivity contribution is 5.10. The Morgan fingerprint density at radius 3 is 2.60 bits per heavy atom. The molecule has 0 aliphatic heterocycles. The van der Waals surface area contributed by atoms with Crippen molar-refractivity contribution < 1.29 is 0 Å². The summed E-state index contributed by atoms with van der Waals surface area (Å²) in [5, 5.41) is 0. The molecule has 1 atom stereocenters. The van der Waals surface area contributed by atoms with E-state index in [0.29, 0.717) is 0 Å². The Morgan fingerprint density at radius 1 is 1.50 bits per heavy atom. The summed E-state index contributed by atoms with van der Waals surface area (Å²) in [4.78, 5) is 3.91. The summed E-state index contributed by atoms with van der Waals surface area (Å²) in [5.41, 5.74) is 6.86. The molecule has 0 bridgehead atoms. The molecule has 0 amide bonds. The zero-order valence-corrected chi connectivity index (χ0v) is 6.12. The minimum atomic E-state index is 0.238. The van der Waals surface area contributed by atoms with Crippen LogP contribution in [0, 0.1) is 0 Å². The Balaban J connectivity index is 2.59. The third kappa shape index (κ3) is 2.15. The molecule has 0 radical (unpaired) electrons. The van der Waals surface area contributed by atoms with Crippen molar-refractivity contribution in [3.05, 3.63) is 30.1 Å². The Morgan fingerprint density at radius 2 is 2.10 bits per heavy atom. The van der Waals surface area contributed by atoms with Crippen LogP contribution in [-0.2, 0) is 6.42 Å². The van der Waals surface area contributed by atoms with Gasteiger partial charge in [0.15, 0.2) is 0 Å². The number of hydrogen-bond donors (Lipinski definition) is 1. The highest BCUT2D eigenvalue weighted by Crippen LogP contribution is 1.98. The second-order valence-corrected chi connectivity index (χ2v) is 2.54. The molecule has 0 aliphatic rings. The molecule has 2 heteroatoms. The second kappa shape index (κ2) is 3.32. The van der Waals surface area contributed by atoms with Crippen molar-refractivity contribution in [3.63, 3.8) is 0 Å². The van der Waals surface area contributed by atoms with Gasteiger partial charge in [0.25, 0.3) is 0 Å². The van der Waals surface area contributed by atoms with Gasteiger partial charge < -0.3 is 5.73 Å². The standard InChI is InChI=1S/C8H12N2/c1-7(9)6-8-2-4-10-5-3-8/h2-5,7H,6,9H2,1H3. The molecule has 1 aromatic heterocycles. The largest absolute Gasteiger partial charge is 0.328 e. The first-order chi connectivity index (χ1) is 4.79. The van der Waals surface area contributed by atoms with Gasteiger partial charge in [0.1, 0.15) is 0 Å². The first kappa shape index (κ1) is 7.22. The number of pyridine rings is 1. The molecule has 0 aliphatic carbocycles. The van der Waals surface area contributed by atoms with E-state index in [4.69, 9.17) is 5.73 Å². The van der Waals surface area contributed by atoms with Crippen LogP contribution < -0.4 is 5.73 Å². The molecule has 0 aromatic carbocycles. The summed E-state index contributed by atoms with van der Waals surface area (Å²) in [6.45, 7) is 2.00. The molecule has 1 rings (SSSR count). The molecule has 0 saturated heterocycles. The Labute approximate surface area is 61.1 Å². The van der Waals surface area contributed by atoms with Crippen LogP contribution in [0.2, 0.25) is 0 Å². The highest BCUT2D eigenvalue weighted by atomic mass is 14.6. The van der Waals surface area contributed by atoms with Gasteiger partial charge in [-0.15, -0.1) is 0 Å². The number of aromatic nitrogens is 1. The smallest absolute Gasteiger partial charge is 0.0270 e. The van der Waals surface area contributed by atoms with Crippen molar-refractivity contribution in [3.8, 4) is 0 Å². The molecule has 2 N–H and O–H groups in total. The third-order valence-corrected chi connectivity index (χ3v) is 1.31. The summed E-state index contributed by atoms with van der Waals surface area (Å²) >= 11 is 0. The molecule has 0 saturated carbocycles. The lowest BCUT2D eigenvalue weighted by Crippen LogP contribution is -2.17. The van der Waals surface area contributed by atoms with E-state index in [-0.39, 0.29) is 6.04 Å². The van der Waals surface area contributed by atoms with E-state index >= 15 is 0 Å². The summed E-state index contributed by atoms with van der Waals surface area (Å²) in [7, 11) is 0. The predicted octanol–water partition coefficient (Wildman–Crippen LogP) is 0.971. The van der Waals surface area contributed by atoms with Gasteiger partial charge in [-0.05, 0) is 31.0 Å². The second-order valence-electron chi connectivity index (χ2n) is 2.54. The van der Waals surface area contributed by atoms with E-state index in [1.807, 2.05) is 19.1 Å². The van der Waals surface area contributed by atoms with Crippen molar-refractivity contribution in [1.82, 2.24) is 4.98 Å². The summed E-state index contributed by atoms with van der Waals surface area (Å²) < 4.78 is 0. The molecule has 0 spiro atoms. The third-order valence-electron chi connectivity index (χ3n) is 1.31.